The van der Waals surface area contributed by atoms with Gasteiger partial charge in [-0.15, -0.1) is 0 Å². The van der Waals surface area contributed by atoms with E-state index in [1.54, 1.807) is 0 Å². The summed E-state index contributed by atoms with van der Waals surface area (Å²) in [5, 5.41) is 8.65. The summed E-state index contributed by atoms with van der Waals surface area (Å²) in [7, 11) is 0. The standard InChI is InChI=1S/C8H12O2.C2H6/c1-6-4-2-3-5-7(6)8(9)10;1-2/h2-5H2,1H3,(H,9,10);1-2H3. The monoisotopic (exact) mass is 170 g/mol. The molecule has 1 rings (SSSR count). The van der Waals surface area contributed by atoms with E-state index >= 15 is 0 Å². The number of carboxylic acid groups (broad SMARTS) is 1. The summed E-state index contributed by atoms with van der Waals surface area (Å²) < 4.78 is 0. The Morgan fingerprint density at radius 3 is 2.08 bits per heavy atom. The molecule has 0 amide bonds. The Hall–Kier alpha value is -0.790. The Labute approximate surface area is 74.3 Å². The molecule has 0 aromatic heterocycles. The number of rotatable bonds is 1. The van der Waals surface area contributed by atoms with Crippen LogP contribution in [0, 0.1) is 0 Å². The molecule has 2 nitrogen and oxygen atoms in total. The average Bonchev–Trinajstić information content (AvgIpc) is 2.08. The van der Waals surface area contributed by atoms with Crippen LogP contribution >= 0.6 is 0 Å². The van der Waals surface area contributed by atoms with E-state index in [1.165, 1.54) is 0 Å². The maximum atomic E-state index is 10.5. The zero-order chi connectivity index (χ0) is 9.56. The highest BCUT2D eigenvalue weighted by Gasteiger charge is 2.14. The van der Waals surface area contributed by atoms with Gasteiger partial charge in [-0.1, -0.05) is 19.4 Å². The number of aliphatic carboxylic acids is 1. The molecule has 0 atom stereocenters. The van der Waals surface area contributed by atoms with E-state index in [1.807, 2.05) is 20.8 Å². The van der Waals surface area contributed by atoms with E-state index < -0.39 is 5.97 Å². The van der Waals surface area contributed by atoms with Crippen molar-refractivity contribution in [2.24, 2.45) is 0 Å². The van der Waals surface area contributed by atoms with E-state index in [0.29, 0.717) is 5.57 Å². The van der Waals surface area contributed by atoms with Gasteiger partial charge in [-0.25, -0.2) is 4.79 Å². The average molecular weight is 170 g/mol. The summed E-state index contributed by atoms with van der Waals surface area (Å²) in [4.78, 5) is 10.5. The van der Waals surface area contributed by atoms with Crippen molar-refractivity contribution in [1.82, 2.24) is 0 Å². The molecule has 0 aromatic carbocycles. The van der Waals surface area contributed by atoms with E-state index in [4.69, 9.17) is 5.11 Å². The Balaban J connectivity index is 0.000000561. The van der Waals surface area contributed by atoms with Gasteiger partial charge in [0.15, 0.2) is 0 Å². The first kappa shape index (κ1) is 11.2. The van der Waals surface area contributed by atoms with Crippen LogP contribution in [0.2, 0.25) is 0 Å². The molecule has 70 valence electrons. The van der Waals surface area contributed by atoms with Crippen molar-refractivity contribution >= 4 is 5.97 Å². The second-order valence-corrected chi connectivity index (χ2v) is 2.77. The highest BCUT2D eigenvalue weighted by molar-refractivity contribution is 5.87. The van der Waals surface area contributed by atoms with Gasteiger partial charge in [0.2, 0.25) is 0 Å². The van der Waals surface area contributed by atoms with Crippen LogP contribution in [0.15, 0.2) is 11.1 Å². The van der Waals surface area contributed by atoms with Gasteiger partial charge in [0.1, 0.15) is 0 Å². The molecule has 1 aliphatic rings. The molecule has 0 spiro atoms. The van der Waals surface area contributed by atoms with Crippen molar-refractivity contribution in [2.75, 3.05) is 0 Å². The number of hydrogen-bond acceptors (Lipinski definition) is 1. The summed E-state index contributed by atoms with van der Waals surface area (Å²) >= 11 is 0. The van der Waals surface area contributed by atoms with Gasteiger partial charge >= 0.3 is 5.97 Å². The highest BCUT2D eigenvalue weighted by atomic mass is 16.4. The first-order valence-corrected chi connectivity index (χ1v) is 4.63. The third kappa shape index (κ3) is 3.07. The fourth-order valence-corrected chi connectivity index (χ4v) is 1.35. The Morgan fingerprint density at radius 2 is 1.75 bits per heavy atom. The summed E-state index contributed by atoms with van der Waals surface area (Å²) in [5.41, 5.74) is 1.71. The topological polar surface area (TPSA) is 37.3 Å². The predicted octanol–water partition coefficient (Wildman–Crippen LogP) is 2.99. The molecular formula is C10H18O2. The second kappa shape index (κ2) is 5.81. The second-order valence-electron chi connectivity index (χ2n) is 2.77. The Bertz CT molecular complexity index is 180. The summed E-state index contributed by atoms with van der Waals surface area (Å²) in [5.74, 6) is -0.725. The molecule has 0 aliphatic heterocycles. The minimum atomic E-state index is -0.725. The van der Waals surface area contributed by atoms with Crippen LogP contribution < -0.4 is 0 Å². The maximum Gasteiger partial charge on any atom is 0.331 e. The first-order chi connectivity index (χ1) is 5.72. The molecule has 1 aliphatic carbocycles. The molecule has 0 saturated heterocycles. The summed E-state index contributed by atoms with van der Waals surface area (Å²) in [6.07, 6.45) is 3.93. The highest BCUT2D eigenvalue weighted by Crippen LogP contribution is 2.23. The van der Waals surface area contributed by atoms with Crippen LogP contribution in [0.4, 0.5) is 0 Å². The van der Waals surface area contributed by atoms with Crippen LogP contribution in [-0.4, -0.2) is 11.1 Å². The lowest BCUT2D eigenvalue weighted by Crippen LogP contribution is -2.07. The zero-order valence-electron chi connectivity index (χ0n) is 8.18. The Morgan fingerprint density at radius 1 is 1.25 bits per heavy atom. The van der Waals surface area contributed by atoms with Gasteiger partial charge in [0.05, 0.1) is 0 Å². The third-order valence-electron chi connectivity index (χ3n) is 2.00. The van der Waals surface area contributed by atoms with Gasteiger partial charge in [-0.05, 0) is 32.6 Å². The zero-order valence-corrected chi connectivity index (χ0v) is 8.18. The molecule has 12 heavy (non-hydrogen) atoms. The van der Waals surface area contributed by atoms with Gasteiger partial charge in [0.25, 0.3) is 0 Å². The van der Waals surface area contributed by atoms with Crippen LogP contribution in [0.3, 0.4) is 0 Å². The molecule has 1 N–H and O–H groups in total. The maximum absolute atomic E-state index is 10.5. The normalized spacial score (nSPS) is 16.6. The van der Waals surface area contributed by atoms with E-state index in [-0.39, 0.29) is 0 Å². The fraction of sp³-hybridized carbons (Fsp3) is 0.700. The van der Waals surface area contributed by atoms with E-state index in [9.17, 15) is 4.79 Å². The molecule has 2 heteroatoms. The van der Waals surface area contributed by atoms with E-state index in [0.717, 1.165) is 31.3 Å². The van der Waals surface area contributed by atoms with Crippen molar-refractivity contribution in [3.8, 4) is 0 Å². The van der Waals surface area contributed by atoms with Crippen LogP contribution in [0.5, 0.6) is 0 Å². The summed E-state index contributed by atoms with van der Waals surface area (Å²) in [6.45, 7) is 5.92. The van der Waals surface area contributed by atoms with Gasteiger partial charge in [0, 0.05) is 5.57 Å². The van der Waals surface area contributed by atoms with Crippen LogP contribution in [0.25, 0.3) is 0 Å². The molecule has 0 heterocycles. The lowest BCUT2D eigenvalue weighted by atomic mass is 9.93. The Kier molecular flexibility index (Phi) is 5.43. The van der Waals surface area contributed by atoms with Crippen LogP contribution in [-0.2, 0) is 4.79 Å². The molecule has 0 aromatic rings. The SMILES string of the molecule is CC.CC1=C(C(=O)O)CCCC1. The number of carboxylic acids is 1. The van der Waals surface area contributed by atoms with Gasteiger partial charge < -0.3 is 5.11 Å². The number of hydrogen-bond donors (Lipinski definition) is 1. The molecule has 0 unspecified atom stereocenters. The third-order valence-corrected chi connectivity index (χ3v) is 2.00. The fourth-order valence-electron chi connectivity index (χ4n) is 1.35. The summed E-state index contributed by atoms with van der Waals surface area (Å²) in [6, 6.07) is 0. The predicted molar refractivity (Wildman–Crippen MR) is 50.2 cm³/mol. The van der Waals surface area contributed by atoms with Gasteiger partial charge in [-0.2, -0.15) is 0 Å². The smallest absolute Gasteiger partial charge is 0.331 e. The van der Waals surface area contributed by atoms with Crippen molar-refractivity contribution < 1.29 is 9.90 Å². The molecular weight excluding hydrogens is 152 g/mol. The first-order valence-electron chi connectivity index (χ1n) is 4.63. The van der Waals surface area contributed by atoms with E-state index in [2.05, 4.69) is 0 Å². The quantitative estimate of drug-likeness (QED) is 0.656. The lowest BCUT2D eigenvalue weighted by Gasteiger charge is -2.13. The molecule has 0 fully saturated rings. The van der Waals surface area contributed by atoms with Crippen molar-refractivity contribution in [1.29, 1.82) is 0 Å². The molecule has 0 saturated carbocycles. The minimum absolute atomic E-state index is 0.645. The number of carbonyl (C=O) groups is 1. The minimum Gasteiger partial charge on any atom is -0.478 e. The van der Waals surface area contributed by atoms with Crippen molar-refractivity contribution in [3.63, 3.8) is 0 Å². The number of allylic oxidation sites excluding steroid dienone is 1. The molecule has 0 bridgehead atoms. The van der Waals surface area contributed by atoms with Crippen molar-refractivity contribution in [3.05, 3.63) is 11.1 Å². The van der Waals surface area contributed by atoms with Crippen LogP contribution in [0.1, 0.15) is 46.5 Å². The molecule has 0 radical (unpaired) electrons. The van der Waals surface area contributed by atoms with Crippen molar-refractivity contribution in [2.45, 2.75) is 46.5 Å². The largest absolute Gasteiger partial charge is 0.478 e. The lowest BCUT2D eigenvalue weighted by molar-refractivity contribution is -0.133. The van der Waals surface area contributed by atoms with Gasteiger partial charge in [-0.3, -0.25) is 0 Å².